The van der Waals surface area contributed by atoms with Gasteiger partial charge in [-0.15, -0.1) is 0 Å². The highest BCUT2D eigenvalue weighted by atomic mass is 16.5. The molecule has 1 unspecified atom stereocenters. The van der Waals surface area contributed by atoms with Gasteiger partial charge in [0.05, 0.1) is 0 Å². The molecule has 0 N–H and O–H groups in total. The summed E-state index contributed by atoms with van der Waals surface area (Å²) in [5.74, 6) is 1.07. The number of Topliss-reactive ketones (excluding diaryl/α,β-unsaturated/α-hetero) is 1. The lowest BCUT2D eigenvalue weighted by Gasteiger charge is -2.14. The Hall–Kier alpha value is -1.57. The average molecular weight is 218 g/mol. The van der Waals surface area contributed by atoms with Crippen molar-refractivity contribution in [1.82, 2.24) is 0 Å². The van der Waals surface area contributed by atoms with Gasteiger partial charge in [-0.1, -0.05) is 30.9 Å². The molecule has 0 radical (unpaired) electrons. The molecular formula is C14H18O2. The molecule has 0 aliphatic heterocycles. The Morgan fingerprint density at radius 2 is 2.12 bits per heavy atom. The molecule has 0 aromatic heterocycles. The van der Waals surface area contributed by atoms with E-state index in [1.807, 2.05) is 30.3 Å². The van der Waals surface area contributed by atoms with Crippen molar-refractivity contribution in [1.29, 1.82) is 0 Å². The number of hydrogen-bond acceptors (Lipinski definition) is 2. The molecule has 0 amide bonds. The Balaban J connectivity index is 2.37. The molecule has 2 heteroatoms. The van der Waals surface area contributed by atoms with Gasteiger partial charge in [-0.2, -0.15) is 0 Å². The number of para-hydroxylation sites is 1. The Bertz CT molecular complexity index is 330. The minimum atomic E-state index is -0.0123. The first kappa shape index (κ1) is 12.5. The van der Waals surface area contributed by atoms with Gasteiger partial charge in [-0.3, -0.25) is 0 Å². The zero-order valence-corrected chi connectivity index (χ0v) is 9.69. The summed E-state index contributed by atoms with van der Waals surface area (Å²) in [5, 5.41) is 0. The number of ketones is 1. The van der Waals surface area contributed by atoms with Crippen LogP contribution in [0, 0.1) is 0 Å². The zero-order chi connectivity index (χ0) is 11.8. The van der Waals surface area contributed by atoms with Crippen molar-refractivity contribution in [3.63, 3.8) is 0 Å². The van der Waals surface area contributed by atoms with Crippen LogP contribution in [0.25, 0.3) is 0 Å². The van der Waals surface area contributed by atoms with Gasteiger partial charge < -0.3 is 9.53 Å². The molecule has 16 heavy (non-hydrogen) atoms. The van der Waals surface area contributed by atoms with Crippen molar-refractivity contribution in [2.24, 2.45) is 0 Å². The lowest BCUT2D eigenvalue weighted by Crippen LogP contribution is -2.13. The van der Waals surface area contributed by atoms with E-state index in [-0.39, 0.29) is 11.9 Å². The van der Waals surface area contributed by atoms with E-state index in [0.717, 1.165) is 18.6 Å². The van der Waals surface area contributed by atoms with Gasteiger partial charge in [-0.25, -0.2) is 0 Å². The highest BCUT2D eigenvalue weighted by Gasteiger charge is 2.06. The second-order valence-corrected chi connectivity index (χ2v) is 3.80. The van der Waals surface area contributed by atoms with Crippen molar-refractivity contribution in [3.05, 3.63) is 43.0 Å². The Morgan fingerprint density at radius 3 is 2.69 bits per heavy atom. The van der Waals surface area contributed by atoms with Gasteiger partial charge in [0, 0.05) is 6.42 Å². The highest BCUT2D eigenvalue weighted by Crippen LogP contribution is 2.14. The SMILES string of the molecule is C=CC(CCCC(C)=O)Oc1ccccc1. The third-order valence-electron chi connectivity index (χ3n) is 2.31. The van der Waals surface area contributed by atoms with E-state index < -0.39 is 0 Å². The second kappa shape index (κ2) is 6.83. The van der Waals surface area contributed by atoms with E-state index in [0.29, 0.717) is 6.42 Å². The largest absolute Gasteiger partial charge is 0.486 e. The first-order valence-corrected chi connectivity index (χ1v) is 5.56. The van der Waals surface area contributed by atoms with Crippen molar-refractivity contribution in [2.75, 3.05) is 0 Å². The maximum Gasteiger partial charge on any atom is 0.129 e. The third-order valence-corrected chi connectivity index (χ3v) is 2.31. The lowest BCUT2D eigenvalue weighted by atomic mass is 10.1. The number of benzene rings is 1. The van der Waals surface area contributed by atoms with Crippen LogP contribution < -0.4 is 4.74 Å². The summed E-state index contributed by atoms with van der Waals surface area (Å²) >= 11 is 0. The van der Waals surface area contributed by atoms with Gasteiger partial charge in [0.1, 0.15) is 17.6 Å². The fraction of sp³-hybridized carbons (Fsp3) is 0.357. The summed E-state index contributed by atoms with van der Waals surface area (Å²) in [6.45, 7) is 5.36. The van der Waals surface area contributed by atoms with Crippen LogP contribution in [0.3, 0.4) is 0 Å². The van der Waals surface area contributed by atoms with Gasteiger partial charge in [0.25, 0.3) is 0 Å². The lowest BCUT2D eigenvalue weighted by molar-refractivity contribution is -0.117. The molecule has 2 nitrogen and oxygen atoms in total. The van der Waals surface area contributed by atoms with Crippen molar-refractivity contribution in [3.8, 4) is 5.75 Å². The molecule has 1 rings (SSSR count). The molecule has 1 atom stereocenters. The molecule has 0 spiro atoms. The van der Waals surface area contributed by atoms with Crippen LogP contribution in [0.1, 0.15) is 26.2 Å². The Morgan fingerprint density at radius 1 is 1.44 bits per heavy atom. The van der Waals surface area contributed by atoms with Crippen LogP contribution in [0.5, 0.6) is 5.75 Å². The van der Waals surface area contributed by atoms with Gasteiger partial charge in [-0.05, 0) is 31.9 Å². The number of carbonyl (C=O) groups is 1. The molecule has 0 heterocycles. The standard InChI is InChI=1S/C14H18O2/c1-3-13(11-7-8-12(2)15)16-14-9-5-4-6-10-14/h3-6,9-10,13H,1,7-8,11H2,2H3. The summed E-state index contributed by atoms with van der Waals surface area (Å²) < 4.78 is 5.72. The van der Waals surface area contributed by atoms with Gasteiger partial charge >= 0.3 is 0 Å². The molecule has 0 saturated carbocycles. The first-order valence-electron chi connectivity index (χ1n) is 5.56. The summed E-state index contributed by atoms with van der Waals surface area (Å²) in [4.78, 5) is 10.8. The van der Waals surface area contributed by atoms with Crippen LogP contribution in [0.15, 0.2) is 43.0 Å². The van der Waals surface area contributed by atoms with Gasteiger partial charge in [0.15, 0.2) is 0 Å². The number of carbonyl (C=O) groups excluding carboxylic acids is 1. The third kappa shape index (κ3) is 4.78. The number of ether oxygens (including phenoxy) is 1. The number of rotatable bonds is 7. The molecule has 0 saturated heterocycles. The van der Waals surface area contributed by atoms with E-state index in [1.54, 1.807) is 13.0 Å². The van der Waals surface area contributed by atoms with Crippen LogP contribution in [-0.2, 0) is 4.79 Å². The first-order chi connectivity index (χ1) is 7.72. The predicted octanol–water partition coefficient (Wildman–Crippen LogP) is 3.38. The Labute approximate surface area is 96.9 Å². The predicted molar refractivity (Wildman–Crippen MR) is 65.6 cm³/mol. The number of hydrogen-bond donors (Lipinski definition) is 0. The molecule has 0 fully saturated rings. The van der Waals surface area contributed by atoms with Gasteiger partial charge in [0.2, 0.25) is 0 Å². The monoisotopic (exact) mass is 218 g/mol. The van der Waals surface area contributed by atoms with E-state index >= 15 is 0 Å². The summed E-state index contributed by atoms with van der Waals surface area (Å²) in [6.07, 6.45) is 4.06. The topological polar surface area (TPSA) is 26.3 Å². The maximum atomic E-state index is 10.8. The van der Waals surface area contributed by atoms with Crippen LogP contribution in [-0.4, -0.2) is 11.9 Å². The molecule has 0 aliphatic carbocycles. The minimum absolute atomic E-state index is 0.0123. The molecule has 86 valence electrons. The fourth-order valence-corrected chi connectivity index (χ4v) is 1.45. The smallest absolute Gasteiger partial charge is 0.129 e. The van der Waals surface area contributed by atoms with E-state index in [2.05, 4.69) is 6.58 Å². The average Bonchev–Trinajstić information content (AvgIpc) is 2.28. The van der Waals surface area contributed by atoms with E-state index in [1.165, 1.54) is 0 Å². The fourth-order valence-electron chi connectivity index (χ4n) is 1.45. The molecule has 1 aromatic carbocycles. The highest BCUT2D eigenvalue weighted by molar-refractivity contribution is 5.75. The van der Waals surface area contributed by atoms with Crippen LogP contribution in [0.2, 0.25) is 0 Å². The molecular weight excluding hydrogens is 200 g/mol. The van der Waals surface area contributed by atoms with Crippen molar-refractivity contribution in [2.45, 2.75) is 32.3 Å². The van der Waals surface area contributed by atoms with Crippen molar-refractivity contribution >= 4 is 5.78 Å². The normalized spacial score (nSPS) is 11.8. The minimum Gasteiger partial charge on any atom is -0.486 e. The molecule has 0 aliphatic rings. The molecule has 0 bridgehead atoms. The Kier molecular flexibility index (Phi) is 5.34. The maximum absolute atomic E-state index is 10.8. The van der Waals surface area contributed by atoms with Crippen LogP contribution >= 0.6 is 0 Å². The second-order valence-electron chi connectivity index (χ2n) is 3.80. The molecule has 1 aromatic rings. The summed E-state index contributed by atoms with van der Waals surface area (Å²) in [7, 11) is 0. The van der Waals surface area contributed by atoms with Crippen molar-refractivity contribution < 1.29 is 9.53 Å². The van der Waals surface area contributed by atoms with E-state index in [9.17, 15) is 4.79 Å². The summed E-state index contributed by atoms with van der Waals surface area (Å²) in [6, 6.07) is 9.66. The quantitative estimate of drug-likeness (QED) is 0.656. The summed E-state index contributed by atoms with van der Waals surface area (Å²) in [5.41, 5.74) is 0. The van der Waals surface area contributed by atoms with E-state index in [4.69, 9.17) is 4.74 Å². The zero-order valence-electron chi connectivity index (χ0n) is 9.69. The van der Waals surface area contributed by atoms with Crippen LogP contribution in [0.4, 0.5) is 0 Å².